The number of aromatic nitrogens is 3. The van der Waals surface area contributed by atoms with E-state index in [0.717, 1.165) is 42.1 Å². The first kappa shape index (κ1) is 11.2. The molecule has 5 nitrogen and oxygen atoms in total. The Morgan fingerprint density at radius 2 is 2.22 bits per heavy atom. The van der Waals surface area contributed by atoms with E-state index < -0.39 is 0 Å². The van der Waals surface area contributed by atoms with E-state index in [4.69, 9.17) is 10.5 Å². The van der Waals surface area contributed by atoms with Gasteiger partial charge in [-0.25, -0.2) is 4.68 Å². The third-order valence-electron chi connectivity index (χ3n) is 3.36. The van der Waals surface area contributed by atoms with Crippen LogP contribution in [-0.2, 0) is 12.8 Å². The van der Waals surface area contributed by atoms with Crippen LogP contribution in [0.25, 0.3) is 5.69 Å². The summed E-state index contributed by atoms with van der Waals surface area (Å²) in [6.07, 6.45) is 2.71. The van der Waals surface area contributed by atoms with Crippen LogP contribution in [0.5, 0.6) is 5.75 Å². The van der Waals surface area contributed by atoms with E-state index in [1.165, 1.54) is 0 Å². The SMILES string of the molecule is COc1ccccc1-n1nnc2c1CCC(N)C2. The van der Waals surface area contributed by atoms with E-state index in [0.29, 0.717) is 0 Å². The lowest BCUT2D eigenvalue weighted by Crippen LogP contribution is -2.28. The zero-order chi connectivity index (χ0) is 12.5. The van der Waals surface area contributed by atoms with Gasteiger partial charge in [-0.15, -0.1) is 5.10 Å². The molecule has 3 rings (SSSR count). The van der Waals surface area contributed by atoms with Crippen LogP contribution >= 0.6 is 0 Å². The summed E-state index contributed by atoms with van der Waals surface area (Å²) in [7, 11) is 1.66. The van der Waals surface area contributed by atoms with Crippen LogP contribution in [0.1, 0.15) is 17.8 Å². The minimum atomic E-state index is 0.209. The maximum Gasteiger partial charge on any atom is 0.144 e. The quantitative estimate of drug-likeness (QED) is 0.858. The van der Waals surface area contributed by atoms with E-state index in [-0.39, 0.29) is 6.04 Å². The van der Waals surface area contributed by atoms with Crippen LogP contribution < -0.4 is 10.5 Å². The highest BCUT2D eigenvalue weighted by Gasteiger charge is 2.23. The molecule has 0 saturated carbocycles. The Morgan fingerprint density at radius 3 is 3.06 bits per heavy atom. The highest BCUT2D eigenvalue weighted by Crippen LogP contribution is 2.26. The van der Waals surface area contributed by atoms with Gasteiger partial charge >= 0.3 is 0 Å². The molecule has 2 aromatic rings. The Morgan fingerprint density at radius 1 is 1.39 bits per heavy atom. The lowest BCUT2D eigenvalue weighted by atomic mass is 9.96. The van der Waals surface area contributed by atoms with Gasteiger partial charge in [0.05, 0.1) is 18.5 Å². The summed E-state index contributed by atoms with van der Waals surface area (Å²) in [5.74, 6) is 0.806. The van der Waals surface area contributed by atoms with Gasteiger partial charge in [-0.05, 0) is 25.0 Å². The van der Waals surface area contributed by atoms with Crippen molar-refractivity contribution in [1.82, 2.24) is 15.0 Å². The predicted molar refractivity (Wildman–Crippen MR) is 67.9 cm³/mol. The summed E-state index contributed by atoms with van der Waals surface area (Å²) in [6, 6.07) is 8.04. The van der Waals surface area contributed by atoms with Crippen molar-refractivity contribution >= 4 is 0 Å². The topological polar surface area (TPSA) is 66.0 Å². The predicted octanol–water partition coefficient (Wildman–Crippen LogP) is 1.09. The van der Waals surface area contributed by atoms with Gasteiger partial charge in [-0.3, -0.25) is 0 Å². The van der Waals surface area contributed by atoms with E-state index in [1.807, 2.05) is 28.9 Å². The number of ether oxygens (including phenoxy) is 1. The number of rotatable bonds is 2. The summed E-state index contributed by atoms with van der Waals surface area (Å²) in [6.45, 7) is 0. The molecule has 0 amide bonds. The molecule has 1 aromatic carbocycles. The first-order valence-electron chi connectivity index (χ1n) is 6.12. The van der Waals surface area contributed by atoms with Crippen molar-refractivity contribution in [2.75, 3.05) is 7.11 Å². The van der Waals surface area contributed by atoms with E-state index in [9.17, 15) is 0 Å². The lowest BCUT2D eigenvalue weighted by Gasteiger charge is -2.18. The van der Waals surface area contributed by atoms with Gasteiger partial charge in [0.2, 0.25) is 0 Å². The van der Waals surface area contributed by atoms with Crippen molar-refractivity contribution < 1.29 is 4.74 Å². The maximum absolute atomic E-state index is 5.95. The van der Waals surface area contributed by atoms with Crippen molar-refractivity contribution in [3.63, 3.8) is 0 Å². The molecule has 0 aliphatic heterocycles. The fraction of sp³-hybridized carbons (Fsp3) is 0.385. The molecule has 5 heteroatoms. The number of hydrogen-bond acceptors (Lipinski definition) is 4. The molecule has 1 aliphatic carbocycles. The van der Waals surface area contributed by atoms with Gasteiger partial charge in [-0.1, -0.05) is 17.3 Å². The Balaban J connectivity index is 2.08. The summed E-state index contributed by atoms with van der Waals surface area (Å²) < 4.78 is 7.24. The summed E-state index contributed by atoms with van der Waals surface area (Å²) >= 11 is 0. The highest BCUT2D eigenvalue weighted by molar-refractivity contribution is 5.47. The Labute approximate surface area is 106 Å². The van der Waals surface area contributed by atoms with Crippen molar-refractivity contribution in [1.29, 1.82) is 0 Å². The summed E-state index contributed by atoms with van der Waals surface area (Å²) in [5.41, 5.74) is 9.05. The molecule has 1 heterocycles. The molecule has 18 heavy (non-hydrogen) atoms. The van der Waals surface area contributed by atoms with Crippen LogP contribution in [0, 0.1) is 0 Å². The van der Waals surface area contributed by atoms with Crippen molar-refractivity contribution in [2.24, 2.45) is 5.73 Å². The second-order valence-corrected chi connectivity index (χ2v) is 4.57. The number of fused-ring (bicyclic) bond motifs is 1. The minimum absolute atomic E-state index is 0.209. The van der Waals surface area contributed by atoms with E-state index >= 15 is 0 Å². The fourth-order valence-corrected chi connectivity index (χ4v) is 2.41. The molecule has 94 valence electrons. The molecule has 1 aromatic heterocycles. The average Bonchev–Trinajstić information content (AvgIpc) is 2.81. The van der Waals surface area contributed by atoms with Crippen LogP contribution in [0.4, 0.5) is 0 Å². The molecule has 0 bridgehead atoms. The average molecular weight is 244 g/mol. The first-order valence-corrected chi connectivity index (χ1v) is 6.12. The standard InChI is InChI=1S/C13H16N4O/c1-18-13-5-3-2-4-12(13)17-11-7-6-9(14)8-10(11)15-16-17/h2-5,9H,6-8,14H2,1H3. The molecule has 1 atom stereocenters. The number of para-hydroxylation sites is 2. The van der Waals surface area contributed by atoms with E-state index in [2.05, 4.69) is 10.3 Å². The highest BCUT2D eigenvalue weighted by atomic mass is 16.5. The number of methoxy groups -OCH3 is 1. The van der Waals surface area contributed by atoms with Gasteiger partial charge in [0, 0.05) is 12.5 Å². The molecule has 1 unspecified atom stereocenters. The van der Waals surface area contributed by atoms with Crippen LogP contribution in [0.3, 0.4) is 0 Å². The summed E-state index contributed by atoms with van der Waals surface area (Å²) in [5, 5.41) is 8.48. The molecular weight excluding hydrogens is 228 g/mol. The summed E-state index contributed by atoms with van der Waals surface area (Å²) in [4.78, 5) is 0. The monoisotopic (exact) mass is 244 g/mol. The first-order chi connectivity index (χ1) is 8.79. The Kier molecular flexibility index (Phi) is 2.76. The zero-order valence-electron chi connectivity index (χ0n) is 10.3. The van der Waals surface area contributed by atoms with E-state index in [1.54, 1.807) is 7.11 Å². The van der Waals surface area contributed by atoms with Crippen LogP contribution in [-0.4, -0.2) is 28.1 Å². The molecule has 0 spiro atoms. The lowest BCUT2D eigenvalue weighted by molar-refractivity contribution is 0.410. The van der Waals surface area contributed by atoms with Crippen molar-refractivity contribution in [3.05, 3.63) is 35.7 Å². The molecule has 2 N–H and O–H groups in total. The van der Waals surface area contributed by atoms with Gasteiger partial charge in [0.15, 0.2) is 0 Å². The van der Waals surface area contributed by atoms with Crippen molar-refractivity contribution in [2.45, 2.75) is 25.3 Å². The Bertz CT molecular complexity index is 564. The number of nitrogens with two attached hydrogens (primary N) is 1. The third kappa shape index (κ3) is 1.76. The smallest absolute Gasteiger partial charge is 0.144 e. The molecule has 0 radical (unpaired) electrons. The second kappa shape index (κ2) is 4.42. The largest absolute Gasteiger partial charge is 0.494 e. The van der Waals surface area contributed by atoms with Crippen LogP contribution in [0.2, 0.25) is 0 Å². The minimum Gasteiger partial charge on any atom is -0.494 e. The maximum atomic E-state index is 5.95. The van der Waals surface area contributed by atoms with Crippen LogP contribution in [0.15, 0.2) is 24.3 Å². The van der Waals surface area contributed by atoms with Crippen molar-refractivity contribution in [3.8, 4) is 11.4 Å². The second-order valence-electron chi connectivity index (χ2n) is 4.57. The molecular formula is C13H16N4O. The zero-order valence-corrected chi connectivity index (χ0v) is 10.3. The van der Waals surface area contributed by atoms with Gasteiger partial charge in [0.25, 0.3) is 0 Å². The van der Waals surface area contributed by atoms with Gasteiger partial charge in [0.1, 0.15) is 11.4 Å². The molecule has 1 aliphatic rings. The number of benzene rings is 1. The third-order valence-corrected chi connectivity index (χ3v) is 3.36. The normalized spacial score (nSPS) is 18.4. The Hall–Kier alpha value is -1.88. The number of hydrogen-bond donors (Lipinski definition) is 1. The molecule has 0 fully saturated rings. The van der Waals surface area contributed by atoms with Gasteiger partial charge < -0.3 is 10.5 Å². The number of nitrogens with zero attached hydrogens (tertiary/aromatic N) is 3. The fourth-order valence-electron chi connectivity index (χ4n) is 2.41. The molecule has 0 saturated heterocycles. The van der Waals surface area contributed by atoms with Gasteiger partial charge in [-0.2, -0.15) is 0 Å².